The van der Waals surface area contributed by atoms with Crippen molar-refractivity contribution >= 4 is 57.3 Å². The number of aromatic nitrogens is 2. The molecule has 0 unspecified atom stereocenters. The van der Waals surface area contributed by atoms with Crippen LogP contribution >= 0.6 is 46.3 Å². The topological polar surface area (TPSA) is 54.9 Å². The summed E-state index contributed by atoms with van der Waals surface area (Å²) in [6.45, 7) is 2.06. The van der Waals surface area contributed by atoms with E-state index in [-0.39, 0.29) is 5.91 Å². The number of carbonyl (C=O) groups excluding carboxylic acids is 1. The summed E-state index contributed by atoms with van der Waals surface area (Å²) in [5.74, 6) is 0.458. The van der Waals surface area contributed by atoms with Gasteiger partial charge in [-0.3, -0.25) is 10.1 Å². The Kier molecular flexibility index (Phi) is 5.96. The number of benzene rings is 2. The molecule has 3 rings (SSSR count). The van der Waals surface area contributed by atoms with Crippen molar-refractivity contribution in [2.24, 2.45) is 0 Å². The van der Waals surface area contributed by atoms with Gasteiger partial charge in [0.15, 0.2) is 4.34 Å². The molecule has 1 heterocycles. The minimum absolute atomic E-state index is 0.295. The summed E-state index contributed by atoms with van der Waals surface area (Å²) < 4.78 is 0.790. The molecule has 8 heteroatoms. The summed E-state index contributed by atoms with van der Waals surface area (Å²) in [6.07, 6.45) is 0. The maximum absolute atomic E-state index is 12.3. The zero-order valence-corrected chi connectivity index (χ0v) is 16.3. The highest BCUT2D eigenvalue weighted by Crippen LogP contribution is 2.29. The van der Waals surface area contributed by atoms with Crippen molar-refractivity contribution in [1.29, 1.82) is 0 Å². The van der Waals surface area contributed by atoms with Crippen LogP contribution in [-0.2, 0) is 5.75 Å². The number of rotatable bonds is 5. The molecule has 25 heavy (non-hydrogen) atoms. The van der Waals surface area contributed by atoms with Gasteiger partial charge in [0.25, 0.3) is 5.91 Å². The van der Waals surface area contributed by atoms with Crippen molar-refractivity contribution in [3.63, 3.8) is 0 Å². The summed E-state index contributed by atoms with van der Waals surface area (Å²) in [4.78, 5) is 12.3. The first-order valence-corrected chi connectivity index (χ1v) is 9.85. The molecule has 0 atom stereocenters. The van der Waals surface area contributed by atoms with Gasteiger partial charge < -0.3 is 0 Å². The number of nitrogens with zero attached hydrogens (tertiary/aromatic N) is 2. The van der Waals surface area contributed by atoms with Crippen molar-refractivity contribution in [2.75, 3.05) is 5.32 Å². The molecular formula is C17H13Cl2N3OS2. The summed E-state index contributed by atoms with van der Waals surface area (Å²) in [5.41, 5.74) is 2.79. The quantitative estimate of drug-likeness (QED) is 0.433. The summed E-state index contributed by atoms with van der Waals surface area (Å²) >= 11 is 14.8. The van der Waals surface area contributed by atoms with Crippen LogP contribution in [0, 0.1) is 6.92 Å². The van der Waals surface area contributed by atoms with E-state index in [2.05, 4.69) is 46.7 Å². The Morgan fingerprint density at radius 3 is 2.64 bits per heavy atom. The van der Waals surface area contributed by atoms with Crippen molar-refractivity contribution in [3.05, 3.63) is 69.2 Å². The number of nitrogens with one attached hydrogen (secondary N) is 1. The van der Waals surface area contributed by atoms with E-state index in [4.69, 9.17) is 23.2 Å². The molecule has 0 radical (unpaired) electrons. The standard InChI is InChI=1S/C17H13Cl2N3OS2/c1-10-2-4-11(5-3-10)9-24-17-22-21-16(25-17)20-15(23)13-7-6-12(18)8-14(13)19/h2-8H,9H2,1H3,(H,20,21,23). The fourth-order valence-corrected chi connectivity index (χ4v) is 4.18. The van der Waals surface area contributed by atoms with Crippen LogP contribution in [0.3, 0.4) is 0 Å². The fourth-order valence-electron chi connectivity index (χ4n) is 1.99. The van der Waals surface area contributed by atoms with Gasteiger partial charge in [-0.1, -0.05) is 76.1 Å². The highest BCUT2D eigenvalue weighted by atomic mass is 35.5. The van der Waals surface area contributed by atoms with Crippen LogP contribution in [0.5, 0.6) is 0 Å². The van der Waals surface area contributed by atoms with Crippen LogP contribution in [0.1, 0.15) is 21.5 Å². The number of thioether (sulfide) groups is 1. The highest BCUT2D eigenvalue weighted by molar-refractivity contribution is 8.00. The van der Waals surface area contributed by atoms with Gasteiger partial charge in [-0.15, -0.1) is 10.2 Å². The Morgan fingerprint density at radius 1 is 1.16 bits per heavy atom. The van der Waals surface area contributed by atoms with Gasteiger partial charge >= 0.3 is 0 Å². The summed E-state index contributed by atoms with van der Waals surface area (Å²) in [7, 11) is 0. The third-order valence-electron chi connectivity index (χ3n) is 3.29. The second-order valence-corrected chi connectivity index (χ2v) is 8.27. The van der Waals surface area contributed by atoms with Crippen LogP contribution in [0.2, 0.25) is 10.0 Å². The van der Waals surface area contributed by atoms with Gasteiger partial charge in [-0.05, 0) is 30.7 Å². The summed E-state index contributed by atoms with van der Waals surface area (Å²) in [5, 5.41) is 12.0. The zero-order valence-electron chi connectivity index (χ0n) is 13.1. The van der Waals surface area contributed by atoms with Gasteiger partial charge in [-0.25, -0.2) is 0 Å². The van der Waals surface area contributed by atoms with E-state index in [1.165, 1.54) is 28.5 Å². The molecule has 0 saturated carbocycles. The molecule has 2 aromatic carbocycles. The molecule has 3 aromatic rings. The van der Waals surface area contributed by atoms with Gasteiger partial charge in [0, 0.05) is 10.8 Å². The number of amides is 1. The van der Waals surface area contributed by atoms with Crippen LogP contribution in [0.25, 0.3) is 0 Å². The molecule has 0 aliphatic heterocycles. The summed E-state index contributed by atoms with van der Waals surface area (Å²) in [6, 6.07) is 13.1. The Hall–Kier alpha value is -1.60. The third kappa shape index (κ3) is 4.95. The fraction of sp³-hybridized carbons (Fsp3) is 0.118. The van der Waals surface area contributed by atoms with Gasteiger partial charge in [0.05, 0.1) is 10.6 Å². The molecule has 1 amide bonds. The normalized spacial score (nSPS) is 10.7. The van der Waals surface area contributed by atoms with Gasteiger partial charge in [0.1, 0.15) is 0 Å². The van der Waals surface area contributed by atoms with Crippen LogP contribution in [0.15, 0.2) is 46.8 Å². The maximum Gasteiger partial charge on any atom is 0.259 e. The van der Waals surface area contributed by atoms with Crippen molar-refractivity contribution in [3.8, 4) is 0 Å². The minimum atomic E-state index is -0.340. The molecule has 1 N–H and O–H groups in total. The van der Waals surface area contributed by atoms with E-state index in [0.29, 0.717) is 20.7 Å². The first-order chi connectivity index (χ1) is 12.0. The Morgan fingerprint density at radius 2 is 1.92 bits per heavy atom. The minimum Gasteiger partial charge on any atom is -0.296 e. The Balaban J connectivity index is 1.61. The van der Waals surface area contributed by atoms with E-state index in [0.717, 1.165) is 10.1 Å². The van der Waals surface area contributed by atoms with E-state index in [1.54, 1.807) is 23.9 Å². The SMILES string of the molecule is Cc1ccc(CSc2nnc(NC(=O)c3ccc(Cl)cc3Cl)s2)cc1. The Labute approximate surface area is 163 Å². The Bertz CT molecular complexity index is 897. The molecule has 0 fully saturated rings. The largest absolute Gasteiger partial charge is 0.296 e. The molecule has 0 spiro atoms. The predicted molar refractivity (Wildman–Crippen MR) is 105 cm³/mol. The number of halogens is 2. The predicted octanol–water partition coefficient (Wildman–Crippen LogP) is 5.70. The van der Waals surface area contributed by atoms with Gasteiger partial charge in [-0.2, -0.15) is 0 Å². The number of carbonyl (C=O) groups is 1. The van der Waals surface area contributed by atoms with Gasteiger partial charge in [0.2, 0.25) is 5.13 Å². The lowest BCUT2D eigenvalue weighted by Crippen LogP contribution is -2.12. The number of aryl methyl sites for hydroxylation is 1. The zero-order chi connectivity index (χ0) is 17.8. The van der Waals surface area contributed by atoms with E-state index < -0.39 is 0 Å². The molecule has 0 saturated heterocycles. The molecule has 0 aliphatic rings. The molecule has 0 bridgehead atoms. The molecule has 4 nitrogen and oxygen atoms in total. The number of hydrogen-bond acceptors (Lipinski definition) is 5. The lowest BCUT2D eigenvalue weighted by atomic mass is 10.2. The maximum atomic E-state index is 12.3. The highest BCUT2D eigenvalue weighted by Gasteiger charge is 2.14. The van der Waals surface area contributed by atoms with E-state index in [1.807, 2.05) is 0 Å². The average Bonchev–Trinajstić information content (AvgIpc) is 3.01. The monoisotopic (exact) mass is 409 g/mol. The number of hydrogen-bond donors (Lipinski definition) is 1. The first-order valence-electron chi connectivity index (χ1n) is 7.29. The molecular weight excluding hydrogens is 397 g/mol. The first kappa shape index (κ1) is 18.2. The molecule has 1 aromatic heterocycles. The van der Waals surface area contributed by atoms with E-state index in [9.17, 15) is 4.79 Å². The van der Waals surface area contributed by atoms with Crippen LogP contribution < -0.4 is 5.32 Å². The average molecular weight is 410 g/mol. The second-order valence-electron chi connectivity index (χ2n) is 5.23. The third-order valence-corrected chi connectivity index (χ3v) is 5.88. The van der Waals surface area contributed by atoms with Crippen LogP contribution in [-0.4, -0.2) is 16.1 Å². The van der Waals surface area contributed by atoms with Crippen molar-refractivity contribution < 1.29 is 4.79 Å². The van der Waals surface area contributed by atoms with E-state index >= 15 is 0 Å². The second kappa shape index (κ2) is 8.19. The number of anilines is 1. The molecule has 128 valence electrons. The lowest BCUT2D eigenvalue weighted by molar-refractivity contribution is 0.102. The smallest absolute Gasteiger partial charge is 0.259 e. The molecule has 0 aliphatic carbocycles. The lowest BCUT2D eigenvalue weighted by Gasteiger charge is -2.03. The van der Waals surface area contributed by atoms with Crippen molar-refractivity contribution in [2.45, 2.75) is 17.0 Å². The van der Waals surface area contributed by atoms with Crippen molar-refractivity contribution in [1.82, 2.24) is 10.2 Å². The van der Waals surface area contributed by atoms with Crippen LogP contribution in [0.4, 0.5) is 5.13 Å².